The Balaban J connectivity index is 1.48. The number of rotatable bonds is 10. The molecule has 1 fully saturated rings. The quantitative estimate of drug-likeness (QED) is 0.167. The summed E-state index contributed by atoms with van der Waals surface area (Å²) in [6.45, 7) is 4.59. The van der Waals surface area contributed by atoms with Crippen molar-refractivity contribution in [3.05, 3.63) is 52.0 Å². The summed E-state index contributed by atoms with van der Waals surface area (Å²) in [4.78, 5) is 0. The molecule has 0 unspecified atom stereocenters. The summed E-state index contributed by atoms with van der Waals surface area (Å²) in [7, 11) is 0. The van der Waals surface area contributed by atoms with Gasteiger partial charge in [-0.25, -0.2) is 4.39 Å². The van der Waals surface area contributed by atoms with E-state index in [4.69, 9.17) is 16.6 Å². The van der Waals surface area contributed by atoms with Crippen LogP contribution in [0.4, 0.5) is 4.39 Å². The number of hydrogen-bond acceptors (Lipinski definition) is 2. The van der Waals surface area contributed by atoms with Gasteiger partial charge in [0, 0.05) is 10.8 Å². The largest absolute Gasteiger partial charge is 0.441 e. The van der Waals surface area contributed by atoms with Crippen LogP contribution in [0.2, 0.25) is 0 Å². The van der Waals surface area contributed by atoms with Gasteiger partial charge >= 0.3 is 0 Å². The Morgan fingerprint density at radius 3 is 2.24 bits per heavy atom. The average molecular weight is 467 g/mol. The third-order valence-corrected chi connectivity index (χ3v) is 8.02. The topological polar surface area (TPSA) is 13.1 Å². The smallest absolute Gasteiger partial charge is 0.198 e. The zero-order chi connectivity index (χ0) is 23.2. The molecule has 1 aliphatic carbocycles. The fourth-order valence-electron chi connectivity index (χ4n) is 5.51. The molecule has 0 N–H and O–H groups in total. The summed E-state index contributed by atoms with van der Waals surface area (Å²) in [5, 5.41) is 2.79. The van der Waals surface area contributed by atoms with E-state index in [0.29, 0.717) is 16.2 Å². The normalized spacial score (nSPS) is 18.9. The van der Waals surface area contributed by atoms with Gasteiger partial charge in [-0.15, -0.1) is 0 Å². The van der Waals surface area contributed by atoms with Crippen molar-refractivity contribution in [3.63, 3.8) is 0 Å². The van der Waals surface area contributed by atoms with E-state index in [9.17, 15) is 0 Å². The van der Waals surface area contributed by atoms with Gasteiger partial charge in [0.05, 0.1) is 0 Å². The standard InChI is InChI=1S/C30H39FOS/c1-3-4-5-6-7-8-9-10-11-23-16-19-26-25-18-17-24(22-14-12-21(2)13-15-22)20-27(25)30(33)32-29(26)28(23)31/h16-22H,3-15H2,1-2H3. The Morgan fingerprint density at radius 1 is 0.848 bits per heavy atom. The lowest BCUT2D eigenvalue weighted by Gasteiger charge is -2.26. The van der Waals surface area contributed by atoms with Crippen molar-refractivity contribution in [2.45, 2.75) is 103 Å². The maximum atomic E-state index is 15.4. The van der Waals surface area contributed by atoms with Crippen LogP contribution >= 0.6 is 12.2 Å². The number of benzene rings is 2. The Hall–Kier alpha value is -1.74. The molecule has 1 heterocycles. The molecular formula is C30H39FOS. The summed E-state index contributed by atoms with van der Waals surface area (Å²) in [6.07, 6.45) is 15.8. The van der Waals surface area contributed by atoms with Crippen molar-refractivity contribution in [1.29, 1.82) is 0 Å². The minimum atomic E-state index is -0.228. The van der Waals surface area contributed by atoms with Crippen LogP contribution in [0.5, 0.6) is 0 Å². The van der Waals surface area contributed by atoms with E-state index in [0.717, 1.165) is 46.9 Å². The van der Waals surface area contributed by atoms with E-state index in [1.165, 1.54) is 69.8 Å². The first-order valence-corrected chi connectivity index (χ1v) is 13.7. The van der Waals surface area contributed by atoms with Gasteiger partial charge in [0.2, 0.25) is 0 Å². The molecular weight excluding hydrogens is 427 g/mol. The molecule has 0 radical (unpaired) electrons. The number of halogens is 1. The number of hydrogen-bond donors (Lipinski definition) is 0. The lowest BCUT2D eigenvalue weighted by Crippen LogP contribution is -2.10. The molecule has 1 saturated carbocycles. The lowest BCUT2D eigenvalue weighted by molar-refractivity contribution is 0.348. The molecule has 33 heavy (non-hydrogen) atoms. The maximum absolute atomic E-state index is 15.4. The van der Waals surface area contributed by atoms with Crippen LogP contribution in [0.25, 0.3) is 21.7 Å². The van der Waals surface area contributed by atoms with Crippen molar-refractivity contribution in [1.82, 2.24) is 0 Å². The predicted octanol–water partition coefficient (Wildman–Crippen LogP) is 10.4. The molecule has 0 spiro atoms. The molecule has 0 atom stereocenters. The molecule has 0 saturated heterocycles. The van der Waals surface area contributed by atoms with E-state index in [2.05, 4.69) is 32.0 Å². The summed E-state index contributed by atoms with van der Waals surface area (Å²) >= 11 is 5.60. The van der Waals surface area contributed by atoms with Gasteiger partial charge in [0.25, 0.3) is 0 Å². The van der Waals surface area contributed by atoms with Crippen molar-refractivity contribution in [2.75, 3.05) is 0 Å². The van der Waals surface area contributed by atoms with E-state index in [-0.39, 0.29) is 5.82 Å². The first kappa shape index (κ1) is 24.4. The molecule has 0 aliphatic heterocycles. The lowest BCUT2D eigenvalue weighted by atomic mass is 9.79. The van der Waals surface area contributed by atoms with Crippen molar-refractivity contribution in [2.24, 2.45) is 5.92 Å². The van der Waals surface area contributed by atoms with Crippen LogP contribution in [0.1, 0.15) is 108 Å². The number of unbranched alkanes of at least 4 members (excludes halogenated alkanes) is 7. The summed E-state index contributed by atoms with van der Waals surface area (Å²) in [6, 6.07) is 10.5. The van der Waals surface area contributed by atoms with Crippen LogP contribution < -0.4 is 0 Å². The second-order valence-electron chi connectivity index (χ2n) is 10.3. The third kappa shape index (κ3) is 5.85. The maximum Gasteiger partial charge on any atom is 0.198 e. The first-order chi connectivity index (χ1) is 16.1. The van der Waals surface area contributed by atoms with Crippen molar-refractivity contribution in [3.8, 4) is 0 Å². The molecule has 1 aromatic heterocycles. The highest BCUT2D eigenvalue weighted by molar-refractivity contribution is 7.71. The fourth-order valence-corrected chi connectivity index (χ4v) is 5.76. The van der Waals surface area contributed by atoms with E-state index < -0.39 is 0 Å². The zero-order valence-corrected chi connectivity index (χ0v) is 21.2. The Bertz CT molecular complexity index is 1120. The SMILES string of the molecule is CCCCCCCCCCc1ccc2c(oc(=S)c3cc(C4CCC(C)CC4)ccc32)c1F. The van der Waals surface area contributed by atoms with Crippen molar-refractivity contribution < 1.29 is 8.81 Å². The molecule has 0 bridgehead atoms. The third-order valence-electron chi connectivity index (χ3n) is 7.71. The average Bonchev–Trinajstić information content (AvgIpc) is 2.83. The second kappa shape index (κ2) is 11.6. The van der Waals surface area contributed by atoms with Crippen molar-refractivity contribution >= 4 is 34.0 Å². The summed E-state index contributed by atoms with van der Waals surface area (Å²) in [5.74, 6) is 1.20. The highest BCUT2D eigenvalue weighted by Gasteiger charge is 2.21. The van der Waals surface area contributed by atoms with E-state index in [1.807, 2.05) is 12.1 Å². The molecule has 3 heteroatoms. The molecule has 178 valence electrons. The molecule has 1 nitrogen and oxygen atoms in total. The highest BCUT2D eigenvalue weighted by atomic mass is 32.1. The van der Waals surface area contributed by atoms with Crippen LogP contribution in [0.3, 0.4) is 0 Å². The second-order valence-corrected chi connectivity index (χ2v) is 10.7. The predicted molar refractivity (Wildman–Crippen MR) is 141 cm³/mol. The molecule has 2 aromatic carbocycles. The van der Waals surface area contributed by atoms with Gasteiger partial charge in [0.1, 0.15) is 0 Å². The molecule has 4 rings (SSSR count). The Morgan fingerprint density at radius 2 is 1.52 bits per heavy atom. The van der Waals surface area contributed by atoms with Gasteiger partial charge < -0.3 is 4.42 Å². The van der Waals surface area contributed by atoms with Crippen LogP contribution in [-0.4, -0.2) is 0 Å². The Kier molecular flexibility index (Phi) is 8.57. The van der Waals surface area contributed by atoms with E-state index in [1.54, 1.807) is 0 Å². The van der Waals surface area contributed by atoms with Crippen LogP contribution in [0.15, 0.2) is 34.7 Å². The van der Waals surface area contributed by atoms with Crippen LogP contribution in [0, 0.1) is 16.4 Å². The highest BCUT2D eigenvalue weighted by Crippen LogP contribution is 2.38. The first-order valence-electron chi connectivity index (χ1n) is 13.3. The van der Waals surface area contributed by atoms with Gasteiger partial charge in [-0.3, -0.25) is 0 Å². The monoisotopic (exact) mass is 466 g/mol. The van der Waals surface area contributed by atoms with Gasteiger partial charge in [-0.2, -0.15) is 0 Å². The summed E-state index contributed by atoms with van der Waals surface area (Å²) in [5.41, 5.74) is 2.42. The minimum Gasteiger partial charge on any atom is -0.441 e. The molecule has 1 aliphatic rings. The number of aryl methyl sites for hydroxylation is 1. The Labute approximate surface area is 203 Å². The number of fused-ring (bicyclic) bond motifs is 3. The van der Waals surface area contributed by atoms with E-state index >= 15 is 4.39 Å². The fraction of sp³-hybridized carbons (Fsp3) is 0.567. The van der Waals surface area contributed by atoms with Crippen LogP contribution in [-0.2, 0) is 6.42 Å². The summed E-state index contributed by atoms with van der Waals surface area (Å²) < 4.78 is 21.7. The van der Waals surface area contributed by atoms with Gasteiger partial charge in [0.15, 0.2) is 16.1 Å². The molecule has 3 aromatic rings. The zero-order valence-electron chi connectivity index (χ0n) is 20.4. The molecule has 0 amide bonds. The minimum absolute atomic E-state index is 0.228. The van der Waals surface area contributed by atoms with Gasteiger partial charge in [-0.1, -0.05) is 95.9 Å². The van der Waals surface area contributed by atoms with Gasteiger partial charge in [-0.05, 0) is 72.3 Å².